The second-order valence-electron chi connectivity index (χ2n) is 5.39. The van der Waals surface area contributed by atoms with Crippen molar-refractivity contribution in [2.75, 3.05) is 11.9 Å². The molecule has 0 aliphatic heterocycles. The average Bonchev–Trinajstić information content (AvgIpc) is 3.08. The van der Waals surface area contributed by atoms with Gasteiger partial charge < -0.3 is 4.90 Å². The van der Waals surface area contributed by atoms with E-state index in [9.17, 15) is 13.2 Å². The quantitative estimate of drug-likeness (QED) is 0.691. The molecule has 3 heterocycles. The van der Waals surface area contributed by atoms with Crippen molar-refractivity contribution in [3.63, 3.8) is 0 Å². The summed E-state index contributed by atoms with van der Waals surface area (Å²) in [6.45, 7) is 4.00. The molecule has 0 aliphatic rings. The van der Waals surface area contributed by atoms with Crippen LogP contribution < -0.4 is 4.90 Å². The molecule has 0 aromatic carbocycles. The first-order valence-corrected chi connectivity index (χ1v) is 8.13. The molecule has 0 amide bonds. The summed E-state index contributed by atoms with van der Waals surface area (Å²) in [6.07, 6.45) is -4.62. The molecule has 0 saturated carbocycles. The molecule has 128 valence electrons. The maximum atomic E-state index is 13.1. The summed E-state index contributed by atoms with van der Waals surface area (Å²) in [5, 5.41) is 11.0. The third kappa shape index (κ3) is 2.93. The van der Waals surface area contributed by atoms with E-state index in [1.54, 1.807) is 31.9 Å². The topological polar surface area (TPSA) is 46.3 Å². The predicted octanol–water partition coefficient (Wildman–Crippen LogP) is 4.11. The van der Waals surface area contributed by atoms with Gasteiger partial charge in [0.15, 0.2) is 11.5 Å². The van der Waals surface area contributed by atoms with Crippen LogP contribution in [0.1, 0.15) is 21.8 Å². The molecule has 3 rings (SSSR count). The number of rotatable bonds is 3. The molecule has 0 atom stereocenters. The van der Waals surface area contributed by atoms with Gasteiger partial charge in [0, 0.05) is 23.1 Å². The molecule has 10 heteroatoms. The van der Waals surface area contributed by atoms with E-state index in [1.165, 1.54) is 11.3 Å². The van der Waals surface area contributed by atoms with E-state index >= 15 is 0 Å². The standard InChI is InChI=1S/C14H13ClF3N5S/c1-7-8(2)12(22(3)6-9-4-5-10(15)24-9)21-23-11(7)19-20-13(23)14(16,17)18/h4-5H,6H2,1-3H3. The number of fused-ring (bicyclic) bond motifs is 1. The number of anilines is 1. The number of hydrogen-bond acceptors (Lipinski definition) is 5. The van der Waals surface area contributed by atoms with Crippen LogP contribution in [0.3, 0.4) is 0 Å². The van der Waals surface area contributed by atoms with Crippen molar-refractivity contribution in [3.05, 3.63) is 38.3 Å². The fraction of sp³-hybridized carbons (Fsp3) is 0.357. The zero-order chi connectivity index (χ0) is 17.6. The van der Waals surface area contributed by atoms with Crippen LogP contribution in [-0.4, -0.2) is 26.9 Å². The molecule has 0 saturated heterocycles. The molecule has 0 spiro atoms. The highest BCUT2D eigenvalue weighted by Crippen LogP contribution is 2.31. The van der Waals surface area contributed by atoms with Gasteiger partial charge in [-0.15, -0.1) is 26.6 Å². The van der Waals surface area contributed by atoms with E-state index < -0.39 is 12.0 Å². The van der Waals surface area contributed by atoms with Crippen LogP contribution in [0.5, 0.6) is 0 Å². The zero-order valence-electron chi connectivity index (χ0n) is 13.0. The molecule has 24 heavy (non-hydrogen) atoms. The lowest BCUT2D eigenvalue weighted by molar-refractivity contribution is -0.146. The van der Waals surface area contributed by atoms with Crippen LogP contribution in [0.15, 0.2) is 12.1 Å². The van der Waals surface area contributed by atoms with E-state index in [-0.39, 0.29) is 5.65 Å². The molecule has 0 N–H and O–H groups in total. The van der Waals surface area contributed by atoms with Crippen molar-refractivity contribution < 1.29 is 13.2 Å². The Morgan fingerprint density at radius 3 is 2.50 bits per heavy atom. The molecule has 0 fully saturated rings. The number of nitrogens with zero attached hydrogens (tertiary/aromatic N) is 5. The van der Waals surface area contributed by atoms with Crippen LogP contribution >= 0.6 is 22.9 Å². The summed E-state index contributed by atoms with van der Waals surface area (Å²) in [6, 6.07) is 3.66. The third-order valence-corrected chi connectivity index (χ3v) is 4.92. The average molecular weight is 376 g/mol. The van der Waals surface area contributed by atoms with Crippen LogP contribution in [0.25, 0.3) is 5.65 Å². The largest absolute Gasteiger partial charge is 0.453 e. The number of alkyl halides is 3. The molecule has 5 nitrogen and oxygen atoms in total. The second-order valence-corrected chi connectivity index (χ2v) is 7.19. The number of aryl methyl sites for hydroxylation is 1. The van der Waals surface area contributed by atoms with Crippen molar-refractivity contribution in [3.8, 4) is 0 Å². The molecule has 0 radical (unpaired) electrons. The molecular weight excluding hydrogens is 363 g/mol. The number of aromatic nitrogens is 4. The third-order valence-electron chi connectivity index (χ3n) is 3.71. The molecule has 3 aromatic rings. The predicted molar refractivity (Wildman–Crippen MR) is 86.7 cm³/mol. The first kappa shape index (κ1) is 17.0. The van der Waals surface area contributed by atoms with Crippen molar-refractivity contribution >= 4 is 34.4 Å². The molecule has 0 bridgehead atoms. The second kappa shape index (κ2) is 5.89. The van der Waals surface area contributed by atoms with Crippen LogP contribution in [0.4, 0.5) is 19.0 Å². The lowest BCUT2D eigenvalue weighted by Gasteiger charge is -2.21. The summed E-state index contributed by atoms with van der Waals surface area (Å²) < 4.78 is 40.6. The lowest BCUT2D eigenvalue weighted by atomic mass is 10.2. The van der Waals surface area contributed by atoms with Crippen molar-refractivity contribution in [2.45, 2.75) is 26.6 Å². The number of halogens is 4. The Balaban J connectivity index is 2.08. The minimum Gasteiger partial charge on any atom is -0.353 e. The lowest BCUT2D eigenvalue weighted by Crippen LogP contribution is -2.21. The Kier molecular flexibility index (Phi) is 4.16. The Hall–Kier alpha value is -1.87. The fourth-order valence-corrected chi connectivity index (χ4v) is 3.54. The SMILES string of the molecule is Cc1c(N(C)Cc2ccc(Cl)s2)nn2c(C(F)(F)F)nnc2c1C. The number of thiophene rings is 1. The molecule has 0 unspecified atom stereocenters. The summed E-state index contributed by atoms with van der Waals surface area (Å²) in [5.74, 6) is -0.691. The van der Waals surface area contributed by atoms with Crippen molar-refractivity contribution in [1.82, 2.24) is 19.8 Å². The maximum Gasteiger partial charge on any atom is 0.453 e. The molecular formula is C14H13ClF3N5S. The molecule has 0 aliphatic carbocycles. The van der Waals surface area contributed by atoms with Gasteiger partial charge in [0.2, 0.25) is 0 Å². The Morgan fingerprint density at radius 1 is 1.21 bits per heavy atom. The first-order chi connectivity index (χ1) is 11.2. The Bertz CT molecular complexity index is 902. The van der Waals surface area contributed by atoms with Crippen molar-refractivity contribution in [1.29, 1.82) is 0 Å². The van der Waals surface area contributed by atoms with E-state index in [0.29, 0.717) is 22.3 Å². The van der Waals surface area contributed by atoms with E-state index in [1.807, 2.05) is 6.07 Å². The minimum absolute atomic E-state index is 0.108. The highest BCUT2D eigenvalue weighted by atomic mass is 35.5. The van der Waals surface area contributed by atoms with Crippen LogP contribution in [-0.2, 0) is 12.7 Å². The van der Waals surface area contributed by atoms with Gasteiger partial charge in [-0.25, -0.2) is 0 Å². The summed E-state index contributed by atoms with van der Waals surface area (Å²) in [7, 11) is 1.77. The number of hydrogen-bond donors (Lipinski definition) is 0. The fourth-order valence-electron chi connectivity index (χ4n) is 2.40. The van der Waals surface area contributed by atoms with Gasteiger partial charge >= 0.3 is 6.18 Å². The van der Waals surface area contributed by atoms with Gasteiger partial charge in [-0.1, -0.05) is 11.6 Å². The molecule has 3 aromatic heterocycles. The first-order valence-electron chi connectivity index (χ1n) is 6.93. The minimum atomic E-state index is -4.62. The Morgan fingerprint density at radius 2 is 1.92 bits per heavy atom. The van der Waals surface area contributed by atoms with Crippen LogP contribution in [0.2, 0.25) is 4.34 Å². The van der Waals surface area contributed by atoms with Crippen molar-refractivity contribution in [2.24, 2.45) is 0 Å². The summed E-state index contributed by atoms with van der Waals surface area (Å²) in [5.41, 5.74) is 1.48. The summed E-state index contributed by atoms with van der Waals surface area (Å²) >= 11 is 7.34. The van der Waals surface area contributed by atoms with Crippen LogP contribution in [0, 0.1) is 13.8 Å². The van der Waals surface area contributed by atoms with Gasteiger partial charge in [0.25, 0.3) is 5.82 Å². The highest BCUT2D eigenvalue weighted by Gasteiger charge is 2.38. The smallest absolute Gasteiger partial charge is 0.353 e. The van der Waals surface area contributed by atoms with Gasteiger partial charge in [-0.2, -0.15) is 17.7 Å². The maximum absolute atomic E-state index is 13.1. The van der Waals surface area contributed by atoms with Gasteiger partial charge in [-0.05, 0) is 26.0 Å². The van der Waals surface area contributed by atoms with E-state index in [0.717, 1.165) is 15.0 Å². The monoisotopic (exact) mass is 375 g/mol. The van der Waals surface area contributed by atoms with Gasteiger partial charge in [-0.3, -0.25) is 0 Å². The van der Waals surface area contributed by atoms with Gasteiger partial charge in [0.05, 0.1) is 10.9 Å². The van der Waals surface area contributed by atoms with Gasteiger partial charge in [0.1, 0.15) is 0 Å². The Labute approximate surface area is 144 Å². The summed E-state index contributed by atoms with van der Waals surface area (Å²) in [4.78, 5) is 2.77. The zero-order valence-corrected chi connectivity index (χ0v) is 14.6. The normalized spacial score (nSPS) is 12.1. The highest BCUT2D eigenvalue weighted by molar-refractivity contribution is 7.16. The van der Waals surface area contributed by atoms with E-state index in [4.69, 9.17) is 11.6 Å². The van der Waals surface area contributed by atoms with E-state index in [2.05, 4.69) is 15.3 Å².